The maximum absolute atomic E-state index is 5.83. The van der Waals surface area contributed by atoms with Gasteiger partial charge >= 0.3 is 0 Å². The average molecular weight is 346 g/mol. The van der Waals surface area contributed by atoms with Crippen molar-refractivity contribution in [3.63, 3.8) is 0 Å². The largest absolute Gasteiger partial charge is 0.486 e. The van der Waals surface area contributed by atoms with Crippen molar-refractivity contribution in [2.24, 2.45) is 0 Å². The van der Waals surface area contributed by atoms with Crippen molar-refractivity contribution in [2.75, 3.05) is 27.2 Å². The minimum absolute atomic E-state index is 0.550. The summed E-state index contributed by atoms with van der Waals surface area (Å²) in [4.78, 5) is 9.61. The number of rotatable bonds is 6. The number of benzene rings is 1. The van der Waals surface area contributed by atoms with Crippen molar-refractivity contribution >= 4 is 11.3 Å². The van der Waals surface area contributed by atoms with Gasteiger partial charge in [0.15, 0.2) is 0 Å². The van der Waals surface area contributed by atoms with Gasteiger partial charge in [-0.05, 0) is 52.5 Å². The highest BCUT2D eigenvalue weighted by molar-refractivity contribution is 7.09. The maximum Gasteiger partial charge on any atom is 0.140 e. The first-order valence-corrected chi connectivity index (χ1v) is 9.49. The van der Waals surface area contributed by atoms with E-state index in [1.54, 1.807) is 11.3 Å². The van der Waals surface area contributed by atoms with Gasteiger partial charge in [0.25, 0.3) is 0 Å². The Kier molecular flexibility index (Phi) is 5.87. The summed E-state index contributed by atoms with van der Waals surface area (Å²) in [7, 11) is 4.36. The van der Waals surface area contributed by atoms with Crippen LogP contribution in [0.5, 0.6) is 5.75 Å². The van der Waals surface area contributed by atoms with Crippen LogP contribution in [-0.4, -0.2) is 48.0 Å². The van der Waals surface area contributed by atoms with Crippen LogP contribution in [0.25, 0.3) is 0 Å². The molecule has 1 atom stereocenters. The summed E-state index contributed by atoms with van der Waals surface area (Å²) in [6, 6.07) is 8.83. The van der Waals surface area contributed by atoms with E-state index >= 15 is 0 Å². The number of nitrogens with zero attached hydrogens (tertiary/aromatic N) is 3. The Morgan fingerprint density at radius 1 is 1.29 bits per heavy atom. The summed E-state index contributed by atoms with van der Waals surface area (Å²) < 4.78 is 5.83. The fraction of sp³-hybridized carbons (Fsp3) is 0.526. The van der Waals surface area contributed by atoms with Gasteiger partial charge in [-0.15, -0.1) is 11.3 Å². The standard InChI is InChI=1S/C19H27N3OS/c1-15-6-8-18(9-7-15)23-13-19-20-16(14-24-19)11-22-10-4-5-17(12-22)21(2)3/h6-9,14,17H,4-5,10-13H2,1-3H3. The number of likely N-dealkylation sites (N-methyl/N-ethyl adjacent to an activating group) is 1. The van der Waals surface area contributed by atoms with E-state index in [4.69, 9.17) is 9.72 Å². The molecule has 0 radical (unpaired) electrons. The zero-order chi connectivity index (χ0) is 16.9. The van der Waals surface area contributed by atoms with Crippen LogP contribution < -0.4 is 4.74 Å². The Balaban J connectivity index is 1.51. The third-order valence-corrected chi connectivity index (χ3v) is 5.45. The molecular formula is C19H27N3OS. The minimum Gasteiger partial charge on any atom is -0.486 e. The fourth-order valence-electron chi connectivity index (χ4n) is 3.09. The maximum atomic E-state index is 5.83. The molecule has 1 unspecified atom stereocenters. The van der Waals surface area contributed by atoms with Crippen molar-refractivity contribution in [1.82, 2.24) is 14.8 Å². The number of aryl methyl sites for hydroxylation is 1. The second kappa shape index (κ2) is 8.10. The van der Waals surface area contributed by atoms with Crippen LogP contribution in [0, 0.1) is 6.92 Å². The van der Waals surface area contributed by atoms with E-state index in [1.165, 1.54) is 30.6 Å². The summed E-state index contributed by atoms with van der Waals surface area (Å²) in [5, 5.41) is 3.22. The highest BCUT2D eigenvalue weighted by Gasteiger charge is 2.21. The van der Waals surface area contributed by atoms with E-state index in [2.05, 4.69) is 48.3 Å². The molecule has 0 bridgehead atoms. The molecule has 0 amide bonds. The molecule has 5 heteroatoms. The summed E-state index contributed by atoms with van der Waals surface area (Å²) in [6.45, 7) is 5.90. The van der Waals surface area contributed by atoms with Crippen LogP contribution in [0.4, 0.5) is 0 Å². The Labute approximate surface area is 149 Å². The second-order valence-electron chi connectivity index (χ2n) is 6.83. The Morgan fingerprint density at radius 3 is 2.83 bits per heavy atom. The SMILES string of the molecule is Cc1ccc(OCc2nc(CN3CCCC(N(C)C)C3)cs2)cc1. The first kappa shape index (κ1) is 17.4. The molecule has 4 nitrogen and oxygen atoms in total. The van der Waals surface area contributed by atoms with Crippen LogP contribution >= 0.6 is 11.3 Å². The summed E-state index contributed by atoms with van der Waals surface area (Å²) in [6.07, 6.45) is 2.58. The Bertz CT molecular complexity index is 638. The molecule has 0 N–H and O–H groups in total. The molecule has 0 aliphatic carbocycles. The molecular weight excluding hydrogens is 318 g/mol. The van der Waals surface area contributed by atoms with E-state index in [1.807, 2.05) is 12.1 Å². The van der Waals surface area contributed by atoms with E-state index in [-0.39, 0.29) is 0 Å². The molecule has 0 spiro atoms. The van der Waals surface area contributed by atoms with Gasteiger partial charge in [-0.2, -0.15) is 0 Å². The van der Waals surface area contributed by atoms with E-state index in [9.17, 15) is 0 Å². The van der Waals surface area contributed by atoms with Gasteiger partial charge in [0.2, 0.25) is 0 Å². The normalized spacial score (nSPS) is 18.9. The summed E-state index contributed by atoms with van der Waals surface area (Å²) in [5.74, 6) is 0.905. The monoisotopic (exact) mass is 345 g/mol. The third-order valence-electron chi connectivity index (χ3n) is 4.58. The lowest BCUT2D eigenvalue weighted by atomic mass is 10.0. The zero-order valence-corrected chi connectivity index (χ0v) is 15.7. The molecule has 1 aliphatic heterocycles. The molecule has 3 rings (SSSR count). The van der Waals surface area contributed by atoms with Crippen molar-refractivity contribution in [3.8, 4) is 5.75 Å². The lowest BCUT2D eigenvalue weighted by Gasteiger charge is -2.35. The van der Waals surface area contributed by atoms with Gasteiger partial charge < -0.3 is 9.64 Å². The van der Waals surface area contributed by atoms with Crippen LogP contribution in [-0.2, 0) is 13.2 Å². The lowest BCUT2D eigenvalue weighted by molar-refractivity contribution is 0.127. The topological polar surface area (TPSA) is 28.6 Å². The Hall–Kier alpha value is -1.43. The van der Waals surface area contributed by atoms with Crippen molar-refractivity contribution in [3.05, 3.63) is 45.9 Å². The van der Waals surface area contributed by atoms with Gasteiger partial charge in [0.05, 0.1) is 5.69 Å². The predicted octanol–water partition coefficient (Wildman–Crippen LogP) is 3.56. The second-order valence-corrected chi connectivity index (χ2v) is 7.77. The molecule has 1 fully saturated rings. The molecule has 2 heterocycles. The van der Waals surface area contributed by atoms with Crippen LogP contribution in [0.15, 0.2) is 29.6 Å². The van der Waals surface area contributed by atoms with Crippen LogP contribution in [0.2, 0.25) is 0 Å². The van der Waals surface area contributed by atoms with Gasteiger partial charge in [-0.3, -0.25) is 4.90 Å². The molecule has 1 saturated heterocycles. The van der Waals surface area contributed by atoms with Gasteiger partial charge in [0.1, 0.15) is 17.4 Å². The fourth-order valence-corrected chi connectivity index (χ4v) is 3.79. The number of ether oxygens (including phenoxy) is 1. The number of thiazole rings is 1. The molecule has 0 saturated carbocycles. The van der Waals surface area contributed by atoms with Gasteiger partial charge in [0, 0.05) is 24.5 Å². The molecule has 1 aliphatic rings. The quantitative estimate of drug-likeness (QED) is 0.800. The van der Waals surface area contributed by atoms with Crippen LogP contribution in [0.3, 0.4) is 0 Å². The van der Waals surface area contributed by atoms with Gasteiger partial charge in [-0.1, -0.05) is 17.7 Å². The van der Waals surface area contributed by atoms with Crippen molar-refractivity contribution in [1.29, 1.82) is 0 Å². The summed E-state index contributed by atoms with van der Waals surface area (Å²) in [5.41, 5.74) is 2.42. The van der Waals surface area contributed by atoms with Crippen LogP contribution in [0.1, 0.15) is 29.1 Å². The number of hydrogen-bond donors (Lipinski definition) is 0. The third kappa shape index (κ3) is 4.79. The Morgan fingerprint density at radius 2 is 2.08 bits per heavy atom. The molecule has 1 aromatic carbocycles. The number of hydrogen-bond acceptors (Lipinski definition) is 5. The molecule has 130 valence electrons. The molecule has 2 aromatic rings. The first-order valence-electron chi connectivity index (χ1n) is 8.61. The lowest BCUT2D eigenvalue weighted by Crippen LogP contribution is -2.44. The summed E-state index contributed by atoms with van der Waals surface area (Å²) >= 11 is 1.69. The number of likely N-dealkylation sites (tertiary alicyclic amines) is 1. The molecule has 24 heavy (non-hydrogen) atoms. The first-order chi connectivity index (χ1) is 11.6. The van der Waals surface area contributed by atoms with E-state index in [0.29, 0.717) is 12.6 Å². The minimum atomic E-state index is 0.550. The van der Waals surface area contributed by atoms with E-state index < -0.39 is 0 Å². The smallest absolute Gasteiger partial charge is 0.140 e. The number of piperidine rings is 1. The predicted molar refractivity (Wildman–Crippen MR) is 99.6 cm³/mol. The van der Waals surface area contributed by atoms with Gasteiger partial charge in [-0.25, -0.2) is 4.98 Å². The van der Waals surface area contributed by atoms with E-state index in [0.717, 1.165) is 23.8 Å². The molecule has 1 aromatic heterocycles. The number of aromatic nitrogens is 1. The highest BCUT2D eigenvalue weighted by atomic mass is 32.1. The highest BCUT2D eigenvalue weighted by Crippen LogP contribution is 2.19. The van der Waals surface area contributed by atoms with Crippen molar-refractivity contribution in [2.45, 2.75) is 39.0 Å². The van der Waals surface area contributed by atoms with Crippen molar-refractivity contribution < 1.29 is 4.74 Å². The zero-order valence-electron chi connectivity index (χ0n) is 14.9. The average Bonchev–Trinajstić information content (AvgIpc) is 3.02.